The first-order valence-corrected chi connectivity index (χ1v) is 49.5. The molecule has 6 atom stereocenters. The van der Waals surface area contributed by atoms with E-state index in [1.807, 2.05) is 0 Å². The Kier molecular flexibility index (Phi) is 79.8. The molecule has 17 nitrogen and oxygen atoms in total. The molecule has 19 heteroatoms. The lowest BCUT2D eigenvalue weighted by Crippen LogP contribution is -2.30. The first kappa shape index (κ1) is 107. The smallest absolute Gasteiger partial charge is 0.462 e. The summed E-state index contributed by atoms with van der Waals surface area (Å²) in [6.45, 7) is 9.78. The quantitative estimate of drug-likeness (QED) is 0.0222. The van der Waals surface area contributed by atoms with Gasteiger partial charge in [-0.25, -0.2) is 9.13 Å². The van der Waals surface area contributed by atoms with Crippen molar-refractivity contribution in [2.75, 3.05) is 39.6 Å². The molecule has 0 heterocycles. The molecule has 0 fully saturated rings. The monoisotopic (exact) mass is 1590 g/mol. The summed E-state index contributed by atoms with van der Waals surface area (Å²) in [4.78, 5) is 73.3. The first-order valence-electron chi connectivity index (χ1n) is 46.5. The van der Waals surface area contributed by atoms with E-state index in [2.05, 4.69) is 41.5 Å². The van der Waals surface area contributed by atoms with Crippen molar-refractivity contribution in [1.82, 2.24) is 0 Å². The number of phosphoric ester groups is 2. The van der Waals surface area contributed by atoms with Gasteiger partial charge in [-0.1, -0.05) is 433 Å². The number of ether oxygens (including phenoxy) is 4. The number of carbonyl (C=O) groups is 4. The Bertz CT molecular complexity index is 2080. The molecule has 109 heavy (non-hydrogen) atoms. The number of aliphatic hydroxyl groups excluding tert-OH is 1. The minimum Gasteiger partial charge on any atom is -0.462 e. The molecule has 0 rings (SSSR count). The van der Waals surface area contributed by atoms with Crippen LogP contribution in [0.2, 0.25) is 0 Å². The number of hydrogen-bond acceptors (Lipinski definition) is 15. The van der Waals surface area contributed by atoms with Crippen molar-refractivity contribution in [2.45, 2.75) is 503 Å². The van der Waals surface area contributed by atoms with Crippen LogP contribution in [0.4, 0.5) is 0 Å². The predicted molar refractivity (Wildman–Crippen MR) is 451 cm³/mol. The summed E-state index contributed by atoms with van der Waals surface area (Å²) in [6.07, 6.45) is 75.0. The molecule has 3 unspecified atom stereocenters. The molecule has 0 saturated carbocycles. The molecule has 0 spiro atoms. The highest BCUT2D eigenvalue weighted by Crippen LogP contribution is 2.45. The molecule has 0 amide bonds. The van der Waals surface area contributed by atoms with Crippen molar-refractivity contribution < 1.29 is 80.2 Å². The fourth-order valence-electron chi connectivity index (χ4n) is 14.1. The van der Waals surface area contributed by atoms with E-state index in [0.29, 0.717) is 25.7 Å². The van der Waals surface area contributed by atoms with Crippen LogP contribution in [0.3, 0.4) is 0 Å². The van der Waals surface area contributed by atoms with Crippen LogP contribution < -0.4 is 0 Å². The zero-order valence-corrected chi connectivity index (χ0v) is 73.7. The third kappa shape index (κ3) is 82.4. The largest absolute Gasteiger partial charge is 0.472 e. The van der Waals surface area contributed by atoms with Crippen LogP contribution in [0.1, 0.15) is 485 Å². The Hall–Kier alpha value is -1.94. The molecule has 0 radical (unpaired) electrons. The summed E-state index contributed by atoms with van der Waals surface area (Å²) in [5, 5.41) is 10.7. The lowest BCUT2D eigenvalue weighted by molar-refractivity contribution is -0.161. The summed E-state index contributed by atoms with van der Waals surface area (Å²) in [5.41, 5.74) is 0. The summed E-state index contributed by atoms with van der Waals surface area (Å²) in [6, 6.07) is 0. The molecular weight excluding hydrogens is 1410 g/mol. The second kappa shape index (κ2) is 81.2. The summed E-state index contributed by atoms with van der Waals surface area (Å²) < 4.78 is 69.0. The van der Waals surface area contributed by atoms with Crippen LogP contribution in [0.15, 0.2) is 0 Å². The standard InChI is InChI=1S/C90H176O17P2/c1-7-10-12-14-16-18-20-21-22-23-24-28-33-38-43-49-55-61-67-73-88(93)101-79-86(107-90(95)74-68-62-56-50-44-39-34-29-26-25-27-32-37-42-47-53-59-65-71-83(6)9-3)81-105-109(98,99)103-77-84(91)76-102-108(96,97)104-80-85(78-100-87(92)72-66-60-54-48-19-17-15-13-11-8-2)106-89(94)75-69-63-57-51-45-40-35-30-31-36-41-46-52-58-64-70-82(4)5/h82-86,91H,7-81H2,1-6H3,(H,96,97)(H,98,99)/t83?,84-,85+,86+/m0/s1. The molecule has 0 aliphatic rings. The Labute approximate surface area is 670 Å². The maximum absolute atomic E-state index is 13.2. The Morgan fingerprint density at radius 1 is 0.266 bits per heavy atom. The Morgan fingerprint density at radius 2 is 0.468 bits per heavy atom. The maximum atomic E-state index is 13.2. The van der Waals surface area contributed by atoms with Crippen molar-refractivity contribution in [1.29, 1.82) is 0 Å². The second-order valence-corrected chi connectivity index (χ2v) is 36.0. The lowest BCUT2D eigenvalue weighted by Gasteiger charge is -2.21. The number of esters is 4. The molecule has 3 N–H and O–H groups in total. The van der Waals surface area contributed by atoms with Gasteiger partial charge in [-0.15, -0.1) is 0 Å². The van der Waals surface area contributed by atoms with E-state index in [4.69, 9.17) is 37.0 Å². The third-order valence-corrected chi connectivity index (χ3v) is 23.5. The zero-order chi connectivity index (χ0) is 79.9. The maximum Gasteiger partial charge on any atom is 0.472 e. The number of carbonyl (C=O) groups excluding carboxylic acids is 4. The third-order valence-electron chi connectivity index (χ3n) is 21.6. The summed E-state index contributed by atoms with van der Waals surface area (Å²) in [5.74, 6) is -0.423. The van der Waals surface area contributed by atoms with Gasteiger partial charge in [0.2, 0.25) is 0 Å². The van der Waals surface area contributed by atoms with Crippen molar-refractivity contribution in [3.05, 3.63) is 0 Å². The summed E-state index contributed by atoms with van der Waals surface area (Å²) >= 11 is 0. The molecule has 0 aliphatic heterocycles. The van der Waals surface area contributed by atoms with E-state index in [1.54, 1.807) is 0 Å². The van der Waals surface area contributed by atoms with E-state index in [0.717, 1.165) is 102 Å². The van der Waals surface area contributed by atoms with Gasteiger partial charge in [-0.2, -0.15) is 0 Å². The highest BCUT2D eigenvalue weighted by Gasteiger charge is 2.31. The molecule has 0 aromatic rings. The normalized spacial score (nSPS) is 14.0. The minimum absolute atomic E-state index is 0.108. The van der Waals surface area contributed by atoms with Crippen LogP contribution in [0.25, 0.3) is 0 Å². The average Bonchev–Trinajstić information content (AvgIpc) is 0.901. The Morgan fingerprint density at radius 3 is 0.697 bits per heavy atom. The molecule has 0 saturated heterocycles. The highest BCUT2D eigenvalue weighted by molar-refractivity contribution is 7.47. The van der Waals surface area contributed by atoms with Gasteiger partial charge in [-0.3, -0.25) is 37.3 Å². The van der Waals surface area contributed by atoms with Crippen molar-refractivity contribution in [3.8, 4) is 0 Å². The van der Waals surface area contributed by atoms with E-state index in [9.17, 15) is 43.2 Å². The van der Waals surface area contributed by atoms with Gasteiger partial charge in [0.15, 0.2) is 12.2 Å². The van der Waals surface area contributed by atoms with Crippen LogP contribution in [0.5, 0.6) is 0 Å². The van der Waals surface area contributed by atoms with E-state index >= 15 is 0 Å². The molecule has 0 aromatic carbocycles. The molecule has 648 valence electrons. The first-order chi connectivity index (χ1) is 52.9. The van der Waals surface area contributed by atoms with E-state index < -0.39 is 97.5 Å². The van der Waals surface area contributed by atoms with Crippen LogP contribution in [-0.2, 0) is 65.4 Å². The SMILES string of the molecule is CCCCCCCCCCCCCCCCCCCCCC(=O)OC[C@H](COP(=O)(O)OC[C@@H](O)COP(=O)(O)OC[C@@H](COC(=O)CCCCCCCCCCCC)OC(=O)CCCCCCCCCCCCCCCCCC(C)C)OC(=O)CCCCCCCCCCCCCCCCCCCCC(C)CC. The molecule has 0 aromatic heterocycles. The van der Waals surface area contributed by atoms with Gasteiger partial charge in [0.25, 0.3) is 0 Å². The van der Waals surface area contributed by atoms with Gasteiger partial charge in [0.1, 0.15) is 19.3 Å². The second-order valence-electron chi connectivity index (χ2n) is 33.1. The fraction of sp³-hybridized carbons (Fsp3) is 0.956. The van der Waals surface area contributed by atoms with Crippen molar-refractivity contribution in [2.24, 2.45) is 11.8 Å². The van der Waals surface area contributed by atoms with Crippen LogP contribution in [0, 0.1) is 11.8 Å². The summed E-state index contributed by atoms with van der Waals surface area (Å²) in [7, 11) is -9.93. The molecule has 0 aliphatic carbocycles. The Balaban J connectivity index is 5.22. The number of rotatable bonds is 89. The highest BCUT2D eigenvalue weighted by atomic mass is 31.2. The van der Waals surface area contributed by atoms with Crippen LogP contribution >= 0.6 is 15.6 Å². The van der Waals surface area contributed by atoms with Gasteiger partial charge in [0, 0.05) is 25.7 Å². The number of unbranched alkanes of at least 4 members (excludes halogenated alkanes) is 58. The van der Waals surface area contributed by atoms with Gasteiger partial charge >= 0.3 is 39.5 Å². The fourth-order valence-corrected chi connectivity index (χ4v) is 15.7. The lowest BCUT2D eigenvalue weighted by atomic mass is 9.99. The van der Waals surface area contributed by atoms with Crippen LogP contribution in [-0.4, -0.2) is 96.7 Å². The topological polar surface area (TPSA) is 237 Å². The predicted octanol–water partition coefficient (Wildman–Crippen LogP) is 27.8. The van der Waals surface area contributed by atoms with E-state index in [1.165, 1.54) is 302 Å². The average molecular weight is 1590 g/mol. The minimum atomic E-state index is -4.97. The number of aliphatic hydroxyl groups is 1. The van der Waals surface area contributed by atoms with Crippen molar-refractivity contribution in [3.63, 3.8) is 0 Å². The van der Waals surface area contributed by atoms with Gasteiger partial charge in [0.05, 0.1) is 26.4 Å². The molecular formula is C90H176O17P2. The van der Waals surface area contributed by atoms with Gasteiger partial charge in [-0.05, 0) is 37.5 Å². The zero-order valence-electron chi connectivity index (χ0n) is 71.9. The number of phosphoric acid groups is 2. The number of hydrogen-bond donors (Lipinski definition) is 3. The van der Waals surface area contributed by atoms with Crippen molar-refractivity contribution >= 4 is 39.5 Å². The van der Waals surface area contributed by atoms with Gasteiger partial charge < -0.3 is 33.8 Å². The molecule has 0 bridgehead atoms. The van der Waals surface area contributed by atoms with E-state index in [-0.39, 0.29) is 25.7 Å².